The van der Waals surface area contributed by atoms with Crippen molar-refractivity contribution in [3.8, 4) is 0 Å². The molecule has 19 heavy (non-hydrogen) atoms. The van der Waals surface area contributed by atoms with E-state index >= 15 is 0 Å². The van der Waals surface area contributed by atoms with E-state index in [1.807, 2.05) is 0 Å². The number of carbonyl (C=O) groups is 1. The number of hydrogen-bond donors (Lipinski definition) is 1. The third-order valence-corrected chi connectivity index (χ3v) is 4.74. The fraction of sp³-hybridized carbons (Fsp3) is 0.462. The first-order chi connectivity index (χ1) is 9.16. The lowest BCUT2D eigenvalue weighted by Gasteiger charge is -2.31. The summed E-state index contributed by atoms with van der Waals surface area (Å²) in [5.74, 6) is 0.822. The van der Waals surface area contributed by atoms with E-state index in [0.717, 1.165) is 42.0 Å². The number of hydrogen-bond acceptors (Lipinski definition) is 5. The fourth-order valence-corrected chi connectivity index (χ4v) is 3.50. The number of rotatable bonds is 2. The Kier molecular flexibility index (Phi) is 3.10. The van der Waals surface area contributed by atoms with E-state index in [0.29, 0.717) is 0 Å². The fourth-order valence-electron chi connectivity index (χ4n) is 2.61. The van der Waals surface area contributed by atoms with E-state index in [9.17, 15) is 4.79 Å². The lowest BCUT2D eigenvalue weighted by Crippen LogP contribution is -2.39. The summed E-state index contributed by atoms with van der Waals surface area (Å²) in [6.07, 6.45) is 3.24. The minimum absolute atomic E-state index is 0.0112. The molecule has 2 aromatic rings. The first-order valence-corrected chi connectivity index (χ1v) is 7.28. The molecule has 0 atom stereocenters. The number of amides is 1. The largest absolute Gasteiger partial charge is 0.369 e. The average Bonchev–Trinajstić information content (AvgIpc) is 2.81. The van der Waals surface area contributed by atoms with Crippen molar-refractivity contribution in [1.29, 1.82) is 0 Å². The maximum Gasteiger partial charge on any atom is 0.220 e. The van der Waals surface area contributed by atoms with Gasteiger partial charge < -0.3 is 10.6 Å². The Morgan fingerprint density at radius 1 is 1.42 bits per heavy atom. The van der Waals surface area contributed by atoms with Gasteiger partial charge in [-0.3, -0.25) is 4.79 Å². The van der Waals surface area contributed by atoms with Crippen LogP contribution in [0.15, 0.2) is 11.7 Å². The first kappa shape index (κ1) is 12.3. The van der Waals surface area contributed by atoms with Crippen molar-refractivity contribution in [2.75, 3.05) is 18.0 Å². The second kappa shape index (κ2) is 4.77. The van der Waals surface area contributed by atoms with Crippen LogP contribution in [0.4, 0.5) is 5.82 Å². The van der Waals surface area contributed by atoms with Gasteiger partial charge in [-0.15, -0.1) is 11.3 Å². The van der Waals surface area contributed by atoms with Gasteiger partial charge in [0, 0.05) is 19.0 Å². The molecule has 0 radical (unpaired) electrons. The number of fused-ring (bicyclic) bond motifs is 1. The standard InChI is InChI=1S/C13H16N4OS/c1-8-6-19-13-10(8)12(15-7-16-13)17-4-2-9(3-5-17)11(14)18/h6-7,9H,2-5H2,1H3,(H2,14,18). The van der Waals surface area contributed by atoms with Gasteiger partial charge in [0.05, 0.1) is 5.39 Å². The summed E-state index contributed by atoms with van der Waals surface area (Å²) in [4.78, 5) is 23.2. The van der Waals surface area contributed by atoms with Crippen molar-refractivity contribution in [2.45, 2.75) is 19.8 Å². The Balaban J connectivity index is 1.90. The Hall–Kier alpha value is -1.69. The maximum absolute atomic E-state index is 11.2. The Morgan fingerprint density at radius 2 is 2.16 bits per heavy atom. The zero-order chi connectivity index (χ0) is 13.4. The Bertz CT molecular complexity index is 616. The third-order valence-electron chi connectivity index (χ3n) is 3.73. The van der Waals surface area contributed by atoms with Crippen molar-refractivity contribution in [1.82, 2.24) is 9.97 Å². The predicted molar refractivity (Wildman–Crippen MR) is 76.3 cm³/mol. The van der Waals surface area contributed by atoms with Crippen LogP contribution in [0.5, 0.6) is 0 Å². The van der Waals surface area contributed by atoms with Crippen LogP contribution in [0.3, 0.4) is 0 Å². The monoisotopic (exact) mass is 276 g/mol. The minimum Gasteiger partial charge on any atom is -0.369 e. The van der Waals surface area contributed by atoms with Crippen LogP contribution in [0.1, 0.15) is 18.4 Å². The van der Waals surface area contributed by atoms with Crippen molar-refractivity contribution >= 4 is 33.3 Å². The highest BCUT2D eigenvalue weighted by Gasteiger charge is 2.25. The summed E-state index contributed by atoms with van der Waals surface area (Å²) < 4.78 is 0. The highest BCUT2D eigenvalue weighted by molar-refractivity contribution is 7.17. The number of anilines is 1. The molecule has 100 valence electrons. The molecule has 3 rings (SSSR count). The van der Waals surface area contributed by atoms with Gasteiger partial charge in [0.25, 0.3) is 0 Å². The number of aryl methyl sites for hydroxylation is 1. The van der Waals surface area contributed by atoms with E-state index in [1.165, 1.54) is 5.56 Å². The molecule has 2 N–H and O–H groups in total. The number of thiophene rings is 1. The van der Waals surface area contributed by atoms with E-state index in [1.54, 1.807) is 17.7 Å². The molecule has 5 nitrogen and oxygen atoms in total. The normalized spacial score (nSPS) is 17.0. The van der Waals surface area contributed by atoms with Crippen molar-refractivity contribution in [3.63, 3.8) is 0 Å². The summed E-state index contributed by atoms with van der Waals surface area (Å²) >= 11 is 1.65. The van der Waals surface area contributed by atoms with Crippen LogP contribution >= 0.6 is 11.3 Å². The summed E-state index contributed by atoms with van der Waals surface area (Å²) in [5.41, 5.74) is 6.58. The highest BCUT2D eigenvalue weighted by Crippen LogP contribution is 2.32. The molecular formula is C13H16N4OS. The van der Waals surface area contributed by atoms with E-state index < -0.39 is 0 Å². The van der Waals surface area contributed by atoms with Gasteiger partial charge in [0.1, 0.15) is 17.0 Å². The summed E-state index contributed by atoms with van der Waals surface area (Å²) in [6.45, 7) is 3.74. The quantitative estimate of drug-likeness (QED) is 0.906. The molecule has 0 aliphatic carbocycles. The maximum atomic E-state index is 11.2. The second-order valence-corrected chi connectivity index (χ2v) is 5.82. The molecule has 1 fully saturated rings. The van der Waals surface area contributed by atoms with Crippen LogP contribution in [0, 0.1) is 12.8 Å². The van der Waals surface area contributed by atoms with Gasteiger partial charge in [-0.25, -0.2) is 9.97 Å². The smallest absolute Gasteiger partial charge is 0.220 e. The van der Waals surface area contributed by atoms with E-state index in [4.69, 9.17) is 5.73 Å². The Labute approximate surface area is 115 Å². The lowest BCUT2D eigenvalue weighted by molar-refractivity contribution is -0.122. The molecular weight excluding hydrogens is 260 g/mol. The number of piperidine rings is 1. The minimum atomic E-state index is -0.181. The number of nitrogens with zero attached hydrogens (tertiary/aromatic N) is 3. The molecule has 1 aliphatic heterocycles. The molecule has 1 saturated heterocycles. The van der Waals surface area contributed by atoms with E-state index in [2.05, 4.69) is 27.2 Å². The Morgan fingerprint density at radius 3 is 2.84 bits per heavy atom. The number of aromatic nitrogens is 2. The van der Waals surface area contributed by atoms with Gasteiger partial charge in [-0.1, -0.05) is 0 Å². The predicted octanol–water partition coefficient (Wildman–Crippen LogP) is 1.70. The highest BCUT2D eigenvalue weighted by atomic mass is 32.1. The molecule has 3 heterocycles. The molecule has 0 saturated carbocycles. The van der Waals surface area contributed by atoms with Crippen molar-refractivity contribution in [3.05, 3.63) is 17.3 Å². The molecule has 0 spiro atoms. The van der Waals surface area contributed by atoms with Crippen LogP contribution in [0.2, 0.25) is 0 Å². The molecule has 6 heteroatoms. The van der Waals surface area contributed by atoms with Gasteiger partial charge >= 0.3 is 0 Å². The topological polar surface area (TPSA) is 72.1 Å². The molecule has 0 unspecified atom stereocenters. The second-order valence-electron chi connectivity index (χ2n) is 4.96. The zero-order valence-corrected chi connectivity index (χ0v) is 11.6. The van der Waals surface area contributed by atoms with Crippen LogP contribution in [-0.4, -0.2) is 29.0 Å². The summed E-state index contributed by atoms with van der Waals surface area (Å²) in [5, 5.41) is 3.25. The number of primary amides is 1. The SMILES string of the molecule is Cc1csc2ncnc(N3CCC(C(N)=O)CC3)c12. The first-order valence-electron chi connectivity index (χ1n) is 6.40. The zero-order valence-electron chi connectivity index (χ0n) is 10.8. The van der Waals surface area contributed by atoms with Crippen LogP contribution in [-0.2, 0) is 4.79 Å². The van der Waals surface area contributed by atoms with Crippen LogP contribution < -0.4 is 10.6 Å². The van der Waals surface area contributed by atoms with Gasteiger partial charge in [-0.05, 0) is 30.7 Å². The van der Waals surface area contributed by atoms with E-state index in [-0.39, 0.29) is 11.8 Å². The summed E-state index contributed by atoms with van der Waals surface area (Å²) in [6, 6.07) is 0. The summed E-state index contributed by atoms with van der Waals surface area (Å²) in [7, 11) is 0. The van der Waals surface area contributed by atoms with Crippen molar-refractivity contribution < 1.29 is 4.79 Å². The van der Waals surface area contributed by atoms with Gasteiger partial charge in [0.15, 0.2) is 0 Å². The molecule has 1 amide bonds. The average molecular weight is 276 g/mol. The molecule has 1 aliphatic rings. The van der Waals surface area contributed by atoms with Gasteiger partial charge in [-0.2, -0.15) is 0 Å². The molecule has 0 bridgehead atoms. The number of nitrogens with two attached hydrogens (primary N) is 1. The van der Waals surface area contributed by atoms with Crippen LogP contribution in [0.25, 0.3) is 10.2 Å². The molecule has 0 aromatic carbocycles. The van der Waals surface area contributed by atoms with Crippen molar-refractivity contribution in [2.24, 2.45) is 11.7 Å². The van der Waals surface area contributed by atoms with Gasteiger partial charge in [0.2, 0.25) is 5.91 Å². The third kappa shape index (κ3) is 2.16. The lowest BCUT2D eigenvalue weighted by atomic mass is 9.96. The number of carbonyl (C=O) groups excluding carboxylic acids is 1. The molecule has 2 aromatic heterocycles.